The molecule has 160 valence electrons. The van der Waals surface area contributed by atoms with E-state index in [-0.39, 0.29) is 22.9 Å². The Balaban J connectivity index is 1.52. The van der Waals surface area contributed by atoms with Crippen molar-refractivity contribution in [1.82, 2.24) is 14.4 Å². The number of carboxylic acids is 1. The Morgan fingerprint density at radius 2 is 1.74 bits per heavy atom. The highest BCUT2D eigenvalue weighted by Gasteiger charge is 2.37. The Morgan fingerprint density at radius 1 is 1.03 bits per heavy atom. The SMILES string of the molecule is O=C(O)c1ccc(-n2cccc2/C=C2\SC(=O)N(CC(=O)N3CCCCC3)C2=O)cc1. The van der Waals surface area contributed by atoms with Gasteiger partial charge >= 0.3 is 5.97 Å². The van der Waals surface area contributed by atoms with Gasteiger partial charge in [0.05, 0.1) is 10.5 Å². The number of aromatic carboxylic acids is 1. The van der Waals surface area contributed by atoms with Crippen LogP contribution in [0, 0.1) is 0 Å². The molecule has 2 aliphatic heterocycles. The molecule has 0 spiro atoms. The quantitative estimate of drug-likeness (QED) is 0.718. The highest BCUT2D eigenvalue weighted by molar-refractivity contribution is 8.18. The van der Waals surface area contributed by atoms with Gasteiger partial charge in [-0.15, -0.1) is 0 Å². The first kappa shape index (κ1) is 20.9. The number of imide groups is 1. The number of benzene rings is 1. The van der Waals surface area contributed by atoms with Crippen molar-refractivity contribution in [2.24, 2.45) is 0 Å². The van der Waals surface area contributed by atoms with E-state index in [2.05, 4.69) is 0 Å². The molecule has 0 aliphatic carbocycles. The predicted molar refractivity (Wildman–Crippen MR) is 116 cm³/mol. The maximum absolute atomic E-state index is 12.8. The van der Waals surface area contributed by atoms with Gasteiger partial charge in [0, 0.05) is 30.7 Å². The van der Waals surface area contributed by atoms with Gasteiger partial charge in [-0.2, -0.15) is 0 Å². The van der Waals surface area contributed by atoms with E-state index in [1.54, 1.807) is 46.0 Å². The summed E-state index contributed by atoms with van der Waals surface area (Å²) in [5, 5.41) is 8.60. The average molecular weight is 439 g/mol. The van der Waals surface area contributed by atoms with E-state index in [0.29, 0.717) is 18.8 Å². The van der Waals surface area contributed by atoms with E-state index >= 15 is 0 Å². The molecule has 0 bridgehead atoms. The first-order valence-electron chi connectivity index (χ1n) is 9.98. The Hall–Kier alpha value is -3.33. The van der Waals surface area contributed by atoms with Crippen LogP contribution in [0.4, 0.5) is 4.79 Å². The lowest BCUT2D eigenvalue weighted by atomic mass is 10.1. The Bertz CT molecular complexity index is 1070. The van der Waals surface area contributed by atoms with Gasteiger partial charge in [0.15, 0.2) is 0 Å². The lowest BCUT2D eigenvalue weighted by molar-refractivity contribution is -0.136. The summed E-state index contributed by atoms with van der Waals surface area (Å²) in [6.07, 6.45) is 6.37. The Kier molecular flexibility index (Phi) is 5.94. The van der Waals surface area contributed by atoms with Gasteiger partial charge in [0.1, 0.15) is 6.54 Å². The fraction of sp³-hybridized carbons (Fsp3) is 0.273. The highest BCUT2D eigenvalue weighted by Crippen LogP contribution is 2.32. The van der Waals surface area contributed by atoms with Crippen molar-refractivity contribution >= 4 is 40.9 Å². The number of nitrogens with zero attached hydrogens (tertiary/aromatic N) is 3. The second-order valence-corrected chi connectivity index (χ2v) is 8.36. The minimum Gasteiger partial charge on any atom is -0.478 e. The van der Waals surface area contributed by atoms with E-state index in [1.165, 1.54) is 12.1 Å². The number of carbonyl (C=O) groups is 4. The molecule has 2 aromatic rings. The van der Waals surface area contributed by atoms with Crippen LogP contribution in [0.2, 0.25) is 0 Å². The largest absolute Gasteiger partial charge is 0.478 e. The van der Waals surface area contributed by atoms with Crippen LogP contribution in [0.5, 0.6) is 0 Å². The third-order valence-corrected chi connectivity index (χ3v) is 6.23. The fourth-order valence-corrected chi connectivity index (χ4v) is 4.48. The van der Waals surface area contributed by atoms with Gasteiger partial charge in [0.25, 0.3) is 11.1 Å². The Morgan fingerprint density at radius 3 is 2.42 bits per heavy atom. The standard InChI is InChI=1S/C22H21N3O5S/c26-19(23-10-2-1-3-11-23)14-25-20(27)18(31-22(25)30)13-17-5-4-12-24(17)16-8-6-15(7-9-16)21(28)29/h4-9,12-13H,1-3,10-11,14H2,(H,28,29)/b18-13-. The summed E-state index contributed by atoms with van der Waals surface area (Å²) in [4.78, 5) is 51.7. The van der Waals surface area contributed by atoms with Crippen molar-refractivity contribution in [3.8, 4) is 5.69 Å². The van der Waals surface area contributed by atoms with Crippen LogP contribution in [0.3, 0.4) is 0 Å². The van der Waals surface area contributed by atoms with Crippen LogP contribution in [-0.2, 0) is 9.59 Å². The molecule has 0 radical (unpaired) electrons. The number of hydrogen-bond acceptors (Lipinski definition) is 5. The van der Waals surface area contributed by atoms with E-state index < -0.39 is 17.1 Å². The maximum Gasteiger partial charge on any atom is 0.335 e. The van der Waals surface area contributed by atoms with E-state index in [4.69, 9.17) is 5.11 Å². The number of carbonyl (C=O) groups excluding carboxylic acids is 3. The lowest BCUT2D eigenvalue weighted by Crippen LogP contribution is -2.44. The molecule has 2 fully saturated rings. The maximum atomic E-state index is 12.8. The van der Waals surface area contributed by atoms with Crippen molar-refractivity contribution in [3.63, 3.8) is 0 Å². The molecule has 0 atom stereocenters. The van der Waals surface area contributed by atoms with Gasteiger partial charge < -0.3 is 14.6 Å². The van der Waals surface area contributed by atoms with Gasteiger partial charge in [-0.25, -0.2) is 4.79 Å². The summed E-state index contributed by atoms with van der Waals surface area (Å²) in [5.41, 5.74) is 1.56. The second-order valence-electron chi connectivity index (χ2n) is 7.36. The summed E-state index contributed by atoms with van der Waals surface area (Å²) < 4.78 is 1.79. The third-order valence-electron chi connectivity index (χ3n) is 5.33. The van der Waals surface area contributed by atoms with E-state index in [0.717, 1.165) is 41.6 Å². The second kappa shape index (κ2) is 8.81. The van der Waals surface area contributed by atoms with Crippen LogP contribution in [0.25, 0.3) is 11.8 Å². The fourth-order valence-electron chi connectivity index (χ4n) is 3.66. The average Bonchev–Trinajstić information content (AvgIpc) is 3.34. The van der Waals surface area contributed by atoms with E-state index in [1.807, 2.05) is 0 Å². The van der Waals surface area contributed by atoms with Gasteiger partial charge in [0.2, 0.25) is 5.91 Å². The number of rotatable bonds is 5. The molecule has 4 rings (SSSR count). The summed E-state index contributed by atoms with van der Waals surface area (Å²) in [6, 6.07) is 9.93. The molecule has 2 saturated heterocycles. The molecule has 0 unspecified atom stereocenters. The molecule has 8 nitrogen and oxygen atoms in total. The minimum atomic E-state index is -1.01. The molecule has 3 heterocycles. The molecular formula is C22H21N3O5S. The van der Waals surface area contributed by atoms with Crippen LogP contribution < -0.4 is 0 Å². The number of hydrogen-bond donors (Lipinski definition) is 1. The number of likely N-dealkylation sites (tertiary alicyclic amines) is 1. The number of amides is 3. The van der Waals surface area contributed by atoms with Gasteiger partial charge in [-0.3, -0.25) is 19.3 Å². The normalized spacial score (nSPS) is 18.1. The minimum absolute atomic E-state index is 0.178. The smallest absolute Gasteiger partial charge is 0.335 e. The molecule has 3 amide bonds. The molecule has 1 N–H and O–H groups in total. The number of aromatic nitrogens is 1. The van der Waals surface area contributed by atoms with Crippen molar-refractivity contribution < 1.29 is 24.3 Å². The van der Waals surface area contributed by atoms with Crippen molar-refractivity contribution in [2.45, 2.75) is 19.3 Å². The topological polar surface area (TPSA) is 99.9 Å². The molecule has 1 aromatic carbocycles. The van der Waals surface area contributed by atoms with Gasteiger partial charge in [-0.1, -0.05) is 0 Å². The first-order valence-corrected chi connectivity index (χ1v) is 10.8. The van der Waals surface area contributed by atoms with Crippen molar-refractivity contribution in [1.29, 1.82) is 0 Å². The molecule has 9 heteroatoms. The summed E-state index contributed by atoms with van der Waals surface area (Å²) in [7, 11) is 0. The number of thioether (sulfide) groups is 1. The molecular weight excluding hydrogens is 418 g/mol. The first-order chi connectivity index (χ1) is 14.9. The zero-order valence-corrected chi connectivity index (χ0v) is 17.5. The highest BCUT2D eigenvalue weighted by atomic mass is 32.2. The van der Waals surface area contributed by atoms with E-state index in [9.17, 15) is 19.2 Å². The molecule has 0 saturated carbocycles. The van der Waals surface area contributed by atoms with Crippen LogP contribution in [0.15, 0.2) is 47.5 Å². The lowest BCUT2D eigenvalue weighted by Gasteiger charge is -2.27. The van der Waals surface area contributed by atoms with Crippen LogP contribution in [-0.4, -0.2) is 62.1 Å². The monoisotopic (exact) mass is 439 g/mol. The summed E-state index contributed by atoms with van der Waals surface area (Å²) in [6.45, 7) is 1.10. The van der Waals surface area contributed by atoms with Crippen LogP contribution >= 0.6 is 11.8 Å². The molecule has 1 aromatic heterocycles. The van der Waals surface area contributed by atoms with Crippen molar-refractivity contribution in [2.75, 3.05) is 19.6 Å². The number of piperidine rings is 1. The Labute approximate surface area is 183 Å². The zero-order chi connectivity index (χ0) is 22.0. The third kappa shape index (κ3) is 4.41. The summed E-state index contributed by atoms with van der Waals surface area (Å²) in [5.74, 6) is -1.69. The van der Waals surface area contributed by atoms with Crippen molar-refractivity contribution in [3.05, 3.63) is 58.8 Å². The molecule has 31 heavy (non-hydrogen) atoms. The number of carboxylic acid groups (broad SMARTS) is 1. The molecule has 2 aliphatic rings. The van der Waals surface area contributed by atoms with Crippen LogP contribution in [0.1, 0.15) is 35.3 Å². The zero-order valence-electron chi connectivity index (χ0n) is 16.7. The summed E-state index contributed by atoms with van der Waals surface area (Å²) >= 11 is 0.816. The predicted octanol–water partition coefficient (Wildman–Crippen LogP) is 3.22. The van der Waals surface area contributed by atoms with Gasteiger partial charge in [-0.05, 0) is 73.5 Å².